The van der Waals surface area contributed by atoms with E-state index in [-0.39, 0.29) is 22.2 Å². The zero-order chi connectivity index (χ0) is 20.9. The molecule has 0 aliphatic heterocycles. The quantitative estimate of drug-likeness (QED) is 0.392. The molecule has 0 radical (unpaired) electrons. The highest BCUT2D eigenvalue weighted by Crippen LogP contribution is 2.36. The average molecular weight is 427 g/mol. The van der Waals surface area contributed by atoms with E-state index in [4.69, 9.17) is 11.6 Å². The van der Waals surface area contributed by atoms with Crippen LogP contribution in [0, 0.1) is 5.82 Å². The van der Waals surface area contributed by atoms with Gasteiger partial charge < -0.3 is 0 Å². The number of alkyl halides is 2. The van der Waals surface area contributed by atoms with Crippen LogP contribution in [0.3, 0.4) is 0 Å². The van der Waals surface area contributed by atoms with Gasteiger partial charge in [-0.15, -0.1) is 10.2 Å². The fraction of sp³-hybridized carbons (Fsp3) is 0.0500. The van der Waals surface area contributed by atoms with Gasteiger partial charge in [-0.1, -0.05) is 17.7 Å². The maximum absolute atomic E-state index is 15.4. The van der Waals surface area contributed by atoms with E-state index in [9.17, 15) is 4.39 Å². The van der Waals surface area contributed by atoms with Gasteiger partial charge in [0.1, 0.15) is 16.7 Å². The summed E-state index contributed by atoms with van der Waals surface area (Å²) in [6.45, 7) is 0. The van der Waals surface area contributed by atoms with Gasteiger partial charge in [0.2, 0.25) is 5.82 Å². The highest BCUT2D eigenvalue weighted by atomic mass is 35.5. The molecule has 30 heavy (non-hydrogen) atoms. The number of halogens is 4. The molecular formula is C20H10ClF3N6. The van der Waals surface area contributed by atoms with E-state index < -0.39 is 17.6 Å². The molecule has 0 aliphatic carbocycles. The highest BCUT2D eigenvalue weighted by molar-refractivity contribution is 6.29. The van der Waals surface area contributed by atoms with Crippen LogP contribution in [-0.2, 0) is 5.92 Å². The Bertz CT molecular complexity index is 1400. The summed E-state index contributed by atoms with van der Waals surface area (Å²) in [4.78, 5) is 8.14. The summed E-state index contributed by atoms with van der Waals surface area (Å²) in [5.74, 6) is -4.69. The van der Waals surface area contributed by atoms with Crippen LogP contribution in [-0.4, -0.2) is 29.8 Å². The van der Waals surface area contributed by atoms with Crippen LogP contribution < -0.4 is 0 Å². The lowest BCUT2D eigenvalue weighted by Gasteiger charge is -2.15. The van der Waals surface area contributed by atoms with Gasteiger partial charge in [0.15, 0.2) is 0 Å². The second-order valence-electron chi connectivity index (χ2n) is 6.50. The van der Waals surface area contributed by atoms with Crippen LogP contribution >= 0.6 is 11.6 Å². The molecule has 0 aliphatic rings. The molecule has 3 aromatic heterocycles. The summed E-state index contributed by atoms with van der Waals surface area (Å²) >= 11 is 5.85. The van der Waals surface area contributed by atoms with Gasteiger partial charge in [0.05, 0.1) is 11.7 Å². The van der Waals surface area contributed by atoms with Gasteiger partial charge in [-0.3, -0.25) is 0 Å². The summed E-state index contributed by atoms with van der Waals surface area (Å²) in [6.07, 6.45) is 1.37. The molecule has 0 bridgehead atoms. The first-order chi connectivity index (χ1) is 14.4. The molecule has 0 spiro atoms. The SMILES string of the molecule is Fc1ccc(-c2cnc3nnc(C(F)(F)c4ccc5nc(Cl)ccc5c4)n3n2)cc1. The van der Waals surface area contributed by atoms with Crippen molar-refractivity contribution in [1.82, 2.24) is 29.8 Å². The van der Waals surface area contributed by atoms with Crippen molar-refractivity contribution in [2.24, 2.45) is 0 Å². The second-order valence-corrected chi connectivity index (χ2v) is 6.89. The molecule has 3 heterocycles. The minimum atomic E-state index is -3.51. The standard InChI is InChI=1S/C20H10ClF3N6/c21-17-8-3-12-9-13(4-7-15(12)26-17)20(23,24)18-27-28-19-25-10-16(29-30(18)19)11-1-5-14(22)6-2-11/h1-10H. The van der Waals surface area contributed by atoms with E-state index >= 15 is 8.78 Å². The van der Waals surface area contributed by atoms with Crippen molar-refractivity contribution in [3.8, 4) is 11.3 Å². The zero-order valence-corrected chi connectivity index (χ0v) is 15.7. The maximum Gasteiger partial charge on any atom is 0.333 e. The molecular weight excluding hydrogens is 417 g/mol. The Balaban J connectivity index is 1.63. The van der Waals surface area contributed by atoms with Crippen molar-refractivity contribution >= 4 is 28.3 Å². The van der Waals surface area contributed by atoms with E-state index in [1.807, 2.05) is 0 Å². The molecule has 5 rings (SSSR count). The Labute approximate surface area is 172 Å². The smallest absolute Gasteiger partial charge is 0.236 e. The summed E-state index contributed by atoms with van der Waals surface area (Å²) in [5, 5.41) is 12.3. The average Bonchev–Trinajstić information content (AvgIpc) is 3.18. The monoisotopic (exact) mass is 426 g/mol. The van der Waals surface area contributed by atoms with Gasteiger partial charge in [0.25, 0.3) is 5.78 Å². The largest absolute Gasteiger partial charge is 0.333 e. The topological polar surface area (TPSA) is 68.9 Å². The third kappa shape index (κ3) is 3.03. The molecule has 0 saturated carbocycles. The molecule has 148 valence electrons. The Kier molecular flexibility index (Phi) is 4.14. The predicted octanol–water partition coefficient (Wildman–Crippen LogP) is 4.67. The number of hydrogen-bond donors (Lipinski definition) is 0. The minimum Gasteiger partial charge on any atom is -0.236 e. The summed E-state index contributed by atoms with van der Waals surface area (Å²) in [5.41, 5.74) is 0.980. The number of rotatable bonds is 3. The third-order valence-electron chi connectivity index (χ3n) is 4.57. The summed E-state index contributed by atoms with van der Waals surface area (Å²) in [6, 6.07) is 12.6. The fourth-order valence-corrected chi connectivity index (χ4v) is 3.22. The maximum atomic E-state index is 15.4. The first-order valence-corrected chi connectivity index (χ1v) is 9.09. The minimum absolute atomic E-state index is 0.0789. The normalized spacial score (nSPS) is 12.0. The lowest BCUT2D eigenvalue weighted by molar-refractivity contribution is 0.0307. The summed E-state index contributed by atoms with van der Waals surface area (Å²) < 4.78 is 44.8. The number of nitrogens with zero attached hydrogens (tertiary/aromatic N) is 6. The molecule has 0 saturated heterocycles. The molecule has 5 aromatic rings. The van der Waals surface area contributed by atoms with Gasteiger partial charge in [-0.2, -0.15) is 18.4 Å². The van der Waals surface area contributed by atoms with Crippen LogP contribution in [0.4, 0.5) is 13.2 Å². The van der Waals surface area contributed by atoms with Crippen molar-refractivity contribution < 1.29 is 13.2 Å². The lowest BCUT2D eigenvalue weighted by atomic mass is 10.0. The summed E-state index contributed by atoms with van der Waals surface area (Å²) in [7, 11) is 0. The van der Waals surface area contributed by atoms with Crippen molar-refractivity contribution in [1.29, 1.82) is 0 Å². The van der Waals surface area contributed by atoms with E-state index in [0.29, 0.717) is 16.5 Å². The number of aromatic nitrogens is 6. The van der Waals surface area contributed by atoms with Crippen molar-refractivity contribution in [3.63, 3.8) is 0 Å². The van der Waals surface area contributed by atoms with E-state index in [1.165, 1.54) is 54.7 Å². The lowest BCUT2D eigenvalue weighted by Crippen LogP contribution is -2.20. The van der Waals surface area contributed by atoms with Crippen LogP contribution in [0.25, 0.3) is 27.9 Å². The molecule has 0 unspecified atom stereocenters. The Morgan fingerprint density at radius 3 is 2.53 bits per heavy atom. The fourth-order valence-electron chi connectivity index (χ4n) is 3.07. The van der Waals surface area contributed by atoms with Crippen LogP contribution in [0.5, 0.6) is 0 Å². The predicted molar refractivity (Wildman–Crippen MR) is 104 cm³/mol. The Hall–Kier alpha value is -3.59. The second kappa shape index (κ2) is 6.74. The first kappa shape index (κ1) is 18.4. The molecule has 0 atom stereocenters. The van der Waals surface area contributed by atoms with Crippen molar-refractivity contribution in [2.75, 3.05) is 0 Å². The molecule has 0 N–H and O–H groups in total. The van der Waals surface area contributed by atoms with Gasteiger partial charge in [0, 0.05) is 16.5 Å². The first-order valence-electron chi connectivity index (χ1n) is 8.71. The van der Waals surface area contributed by atoms with Crippen LogP contribution in [0.15, 0.2) is 60.8 Å². The molecule has 2 aromatic carbocycles. The molecule has 0 fully saturated rings. The van der Waals surface area contributed by atoms with Crippen LogP contribution in [0.2, 0.25) is 5.15 Å². The third-order valence-corrected chi connectivity index (χ3v) is 4.78. The van der Waals surface area contributed by atoms with E-state index in [0.717, 1.165) is 4.52 Å². The zero-order valence-electron chi connectivity index (χ0n) is 15.0. The number of fused-ring (bicyclic) bond motifs is 2. The van der Waals surface area contributed by atoms with Crippen molar-refractivity contribution in [3.05, 3.63) is 83.2 Å². The Morgan fingerprint density at radius 1 is 0.933 bits per heavy atom. The van der Waals surface area contributed by atoms with Gasteiger partial charge in [-0.05, 0) is 48.5 Å². The number of pyridine rings is 1. The van der Waals surface area contributed by atoms with E-state index in [2.05, 4.69) is 25.3 Å². The molecule has 0 amide bonds. The number of hydrogen-bond acceptors (Lipinski definition) is 5. The molecule has 6 nitrogen and oxygen atoms in total. The van der Waals surface area contributed by atoms with Gasteiger partial charge >= 0.3 is 5.92 Å². The van der Waals surface area contributed by atoms with Crippen LogP contribution in [0.1, 0.15) is 11.4 Å². The Morgan fingerprint density at radius 2 is 1.73 bits per heavy atom. The van der Waals surface area contributed by atoms with Crippen molar-refractivity contribution in [2.45, 2.75) is 5.92 Å². The van der Waals surface area contributed by atoms with E-state index in [1.54, 1.807) is 6.07 Å². The molecule has 10 heteroatoms. The van der Waals surface area contributed by atoms with Gasteiger partial charge in [-0.25, -0.2) is 14.4 Å². The number of benzene rings is 2. The highest BCUT2D eigenvalue weighted by Gasteiger charge is 2.40.